The third-order valence-corrected chi connectivity index (χ3v) is 3.37. The van der Waals surface area contributed by atoms with Crippen molar-refractivity contribution in [2.75, 3.05) is 11.9 Å². The number of fused-ring (bicyclic) bond motifs is 1. The molecular formula is C16H21N3O3. The van der Waals surface area contributed by atoms with Crippen molar-refractivity contribution in [2.24, 2.45) is 5.73 Å². The van der Waals surface area contributed by atoms with Crippen molar-refractivity contribution >= 4 is 28.6 Å². The van der Waals surface area contributed by atoms with Gasteiger partial charge in [-0.3, -0.25) is 4.79 Å². The minimum Gasteiger partial charge on any atom is -0.449 e. The lowest BCUT2D eigenvalue weighted by atomic mass is 10.2. The highest BCUT2D eigenvalue weighted by Gasteiger charge is 2.19. The molecule has 0 aliphatic rings. The number of rotatable bonds is 7. The van der Waals surface area contributed by atoms with Crippen LogP contribution in [0.15, 0.2) is 28.7 Å². The summed E-state index contributed by atoms with van der Waals surface area (Å²) in [5, 5.41) is 6.08. The molecule has 6 heteroatoms. The van der Waals surface area contributed by atoms with Gasteiger partial charge in [0.2, 0.25) is 5.76 Å². The fraction of sp³-hybridized carbons (Fsp3) is 0.375. The summed E-state index contributed by atoms with van der Waals surface area (Å²) < 4.78 is 5.40. The summed E-state index contributed by atoms with van der Waals surface area (Å²) in [6, 6.07) is 6.70. The van der Waals surface area contributed by atoms with E-state index in [0.717, 1.165) is 25.7 Å². The SMILES string of the molecule is CCCCCCNC(=O)Nc1c(C(N)=O)oc2ccccc12. The predicted molar refractivity (Wildman–Crippen MR) is 85.9 cm³/mol. The van der Waals surface area contributed by atoms with Crippen molar-refractivity contribution in [3.63, 3.8) is 0 Å². The molecule has 0 saturated carbocycles. The first-order valence-corrected chi connectivity index (χ1v) is 7.49. The van der Waals surface area contributed by atoms with Crippen molar-refractivity contribution in [1.82, 2.24) is 5.32 Å². The first-order valence-electron chi connectivity index (χ1n) is 7.49. The number of nitrogens with two attached hydrogens (primary N) is 1. The molecule has 22 heavy (non-hydrogen) atoms. The van der Waals surface area contributed by atoms with Crippen molar-refractivity contribution in [3.05, 3.63) is 30.0 Å². The molecule has 1 aromatic carbocycles. The number of urea groups is 1. The molecule has 2 rings (SSSR count). The molecule has 0 atom stereocenters. The second-order valence-corrected chi connectivity index (χ2v) is 5.11. The van der Waals surface area contributed by atoms with Crippen LogP contribution >= 0.6 is 0 Å². The average Bonchev–Trinajstić information content (AvgIpc) is 2.86. The number of para-hydroxylation sites is 1. The predicted octanol–water partition coefficient (Wildman–Crippen LogP) is 3.23. The summed E-state index contributed by atoms with van der Waals surface area (Å²) in [5.41, 5.74) is 6.13. The number of hydrogen-bond donors (Lipinski definition) is 3. The van der Waals surface area contributed by atoms with E-state index in [-0.39, 0.29) is 11.8 Å². The van der Waals surface area contributed by atoms with E-state index in [1.807, 2.05) is 0 Å². The van der Waals surface area contributed by atoms with Crippen molar-refractivity contribution in [1.29, 1.82) is 0 Å². The van der Waals surface area contributed by atoms with Crippen LogP contribution in [0.4, 0.5) is 10.5 Å². The molecular weight excluding hydrogens is 282 g/mol. The largest absolute Gasteiger partial charge is 0.449 e. The molecule has 118 valence electrons. The van der Waals surface area contributed by atoms with Crippen molar-refractivity contribution < 1.29 is 14.0 Å². The summed E-state index contributed by atoms with van der Waals surface area (Å²) in [6.45, 7) is 2.73. The van der Waals surface area contributed by atoms with Gasteiger partial charge in [-0.05, 0) is 18.6 Å². The van der Waals surface area contributed by atoms with Gasteiger partial charge in [0.15, 0.2) is 0 Å². The van der Waals surface area contributed by atoms with Crippen LogP contribution in [0.1, 0.15) is 43.2 Å². The zero-order valence-corrected chi connectivity index (χ0v) is 12.6. The second-order valence-electron chi connectivity index (χ2n) is 5.11. The number of anilines is 1. The Kier molecular flexibility index (Phi) is 5.41. The highest BCUT2D eigenvalue weighted by atomic mass is 16.3. The maximum Gasteiger partial charge on any atom is 0.319 e. The number of carbonyl (C=O) groups excluding carboxylic acids is 2. The van der Waals surface area contributed by atoms with Crippen LogP contribution in [0, 0.1) is 0 Å². The Labute approximate surface area is 129 Å². The lowest BCUT2D eigenvalue weighted by Crippen LogP contribution is -2.30. The fourth-order valence-electron chi connectivity index (χ4n) is 2.25. The Bertz CT molecular complexity index is 664. The van der Waals surface area contributed by atoms with Crippen LogP contribution in [0.2, 0.25) is 0 Å². The smallest absolute Gasteiger partial charge is 0.319 e. The molecule has 1 heterocycles. The third kappa shape index (κ3) is 3.78. The normalized spacial score (nSPS) is 10.6. The van der Waals surface area contributed by atoms with E-state index in [2.05, 4.69) is 17.6 Å². The van der Waals surface area contributed by atoms with Gasteiger partial charge in [0, 0.05) is 11.9 Å². The lowest BCUT2D eigenvalue weighted by molar-refractivity contribution is 0.0977. The summed E-state index contributed by atoms with van der Waals surface area (Å²) >= 11 is 0. The topological polar surface area (TPSA) is 97.4 Å². The van der Waals surface area contributed by atoms with Gasteiger partial charge in [0.25, 0.3) is 5.91 Å². The average molecular weight is 303 g/mol. The standard InChI is InChI=1S/C16H21N3O3/c1-2-3-4-7-10-18-16(21)19-13-11-8-5-6-9-12(11)22-14(13)15(17)20/h5-6,8-9H,2-4,7,10H2,1H3,(H2,17,20)(H2,18,19,21). The molecule has 0 saturated heterocycles. The second kappa shape index (κ2) is 7.49. The van der Waals surface area contributed by atoms with E-state index in [1.54, 1.807) is 24.3 Å². The highest BCUT2D eigenvalue weighted by molar-refractivity contribution is 6.10. The number of unbranched alkanes of at least 4 members (excludes halogenated alkanes) is 3. The Morgan fingerprint density at radius 2 is 1.95 bits per heavy atom. The van der Waals surface area contributed by atoms with Crippen LogP contribution in [0.5, 0.6) is 0 Å². The Hall–Kier alpha value is -2.50. The number of hydrogen-bond acceptors (Lipinski definition) is 3. The molecule has 0 aliphatic carbocycles. The molecule has 2 aromatic rings. The number of benzene rings is 1. The molecule has 6 nitrogen and oxygen atoms in total. The Morgan fingerprint density at radius 3 is 2.68 bits per heavy atom. The van der Waals surface area contributed by atoms with Crippen LogP contribution in [-0.4, -0.2) is 18.5 Å². The fourth-order valence-corrected chi connectivity index (χ4v) is 2.25. The van der Waals surface area contributed by atoms with E-state index in [0.29, 0.717) is 23.2 Å². The Morgan fingerprint density at radius 1 is 1.18 bits per heavy atom. The third-order valence-electron chi connectivity index (χ3n) is 3.37. The van der Waals surface area contributed by atoms with Gasteiger partial charge in [0.1, 0.15) is 11.3 Å². The van der Waals surface area contributed by atoms with Gasteiger partial charge in [-0.15, -0.1) is 0 Å². The van der Waals surface area contributed by atoms with Crippen LogP contribution < -0.4 is 16.4 Å². The monoisotopic (exact) mass is 303 g/mol. The zero-order chi connectivity index (χ0) is 15.9. The van der Waals surface area contributed by atoms with Gasteiger partial charge < -0.3 is 20.8 Å². The van der Waals surface area contributed by atoms with Gasteiger partial charge in [0.05, 0.1) is 0 Å². The van der Waals surface area contributed by atoms with E-state index in [1.165, 1.54) is 0 Å². The van der Waals surface area contributed by atoms with Crippen LogP contribution in [0.25, 0.3) is 11.0 Å². The molecule has 1 aromatic heterocycles. The van der Waals surface area contributed by atoms with Gasteiger partial charge in [-0.1, -0.05) is 38.3 Å². The summed E-state index contributed by atoms with van der Waals surface area (Å²) in [6.07, 6.45) is 4.31. The minimum absolute atomic E-state index is 0.0395. The van der Waals surface area contributed by atoms with Crippen molar-refractivity contribution in [3.8, 4) is 0 Å². The molecule has 3 amide bonds. The number of furan rings is 1. The first-order chi connectivity index (χ1) is 10.6. The van der Waals surface area contributed by atoms with E-state index in [9.17, 15) is 9.59 Å². The number of amides is 3. The molecule has 0 fully saturated rings. The van der Waals surface area contributed by atoms with E-state index < -0.39 is 5.91 Å². The highest BCUT2D eigenvalue weighted by Crippen LogP contribution is 2.30. The molecule has 0 unspecified atom stereocenters. The van der Waals surface area contributed by atoms with Crippen LogP contribution in [-0.2, 0) is 0 Å². The first kappa shape index (κ1) is 15.9. The number of carbonyl (C=O) groups is 2. The number of primary amides is 1. The molecule has 0 radical (unpaired) electrons. The number of nitrogens with one attached hydrogen (secondary N) is 2. The maximum atomic E-state index is 11.9. The van der Waals surface area contributed by atoms with Gasteiger partial charge in [-0.2, -0.15) is 0 Å². The molecule has 4 N–H and O–H groups in total. The zero-order valence-electron chi connectivity index (χ0n) is 12.6. The van der Waals surface area contributed by atoms with Crippen molar-refractivity contribution in [2.45, 2.75) is 32.6 Å². The van der Waals surface area contributed by atoms with Crippen LogP contribution in [0.3, 0.4) is 0 Å². The summed E-state index contributed by atoms with van der Waals surface area (Å²) in [5.74, 6) is -0.753. The molecule has 0 aliphatic heterocycles. The van der Waals surface area contributed by atoms with E-state index in [4.69, 9.17) is 10.2 Å². The Balaban J connectivity index is 2.05. The molecule has 0 spiro atoms. The lowest BCUT2D eigenvalue weighted by Gasteiger charge is -2.07. The van der Waals surface area contributed by atoms with Gasteiger partial charge >= 0.3 is 6.03 Å². The molecule has 0 bridgehead atoms. The van der Waals surface area contributed by atoms with E-state index >= 15 is 0 Å². The quantitative estimate of drug-likeness (QED) is 0.685. The van der Waals surface area contributed by atoms with Gasteiger partial charge in [-0.25, -0.2) is 4.79 Å². The summed E-state index contributed by atoms with van der Waals surface area (Å²) in [7, 11) is 0. The summed E-state index contributed by atoms with van der Waals surface area (Å²) in [4.78, 5) is 23.4. The minimum atomic E-state index is -0.713. The maximum absolute atomic E-state index is 11.9.